The highest BCUT2D eigenvalue weighted by molar-refractivity contribution is 7.80. The first-order chi connectivity index (χ1) is 14.0. The van der Waals surface area contributed by atoms with Crippen LogP contribution in [0.5, 0.6) is 5.75 Å². The molecule has 0 radical (unpaired) electrons. The Morgan fingerprint density at radius 2 is 1.62 bits per heavy atom. The number of amides is 1. The Hall–Kier alpha value is -3.18. The van der Waals surface area contributed by atoms with Crippen molar-refractivity contribution in [3.05, 3.63) is 84.4 Å². The van der Waals surface area contributed by atoms with Crippen molar-refractivity contribution in [1.29, 1.82) is 0 Å². The zero-order chi connectivity index (χ0) is 20.6. The molecule has 4 nitrogen and oxygen atoms in total. The maximum atomic E-state index is 12.5. The highest BCUT2D eigenvalue weighted by Crippen LogP contribution is 2.20. The third-order valence-corrected chi connectivity index (χ3v) is 4.36. The topological polar surface area (TPSA) is 50.4 Å². The van der Waals surface area contributed by atoms with Gasteiger partial charge in [-0.25, -0.2) is 0 Å². The summed E-state index contributed by atoms with van der Waals surface area (Å²) in [5.41, 5.74) is 3.47. The van der Waals surface area contributed by atoms with Crippen LogP contribution in [0.2, 0.25) is 0 Å². The summed E-state index contributed by atoms with van der Waals surface area (Å²) in [7, 11) is 0. The molecule has 0 aliphatic carbocycles. The molecule has 0 aliphatic rings. The summed E-state index contributed by atoms with van der Waals surface area (Å²) >= 11 is 5.28. The van der Waals surface area contributed by atoms with Gasteiger partial charge in [0.2, 0.25) is 0 Å². The second-order valence-electron chi connectivity index (χ2n) is 7.08. The van der Waals surface area contributed by atoms with Gasteiger partial charge in [-0.15, -0.1) is 0 Å². The van der Waals surface area contributed by atoms with Crippen molar-refractivity contribution in [1.82, 2.24) is 5.32 Å². The van der Waals surface area contributed by atoms with Gasteiger partial charge in [0.05, 0.1) is 6.61 Å². The van der Waals surface area contributed by atoms with Crippen molar-refractivity contribution < 1.29 is 9.53 Å². The Kier molecular flexibility index (Phi) is 6.98. The van der Waals surface area contributed by atoms with Gasteiger partial charge in [0.15, 0.2) is 5.11 Å². The zero-order valence-electron chi connectivity index (χ0n) is 16.5. The van der Waals surface area contributed by atoms with Gasteiger partial charge in [-0.3, -0.25) is 10.1 Å². The molecule has 0 bridgehead atoms. The van der Waals surface area contributed by atoms with Gasteiger partial charge in [-0.1, -0.05) is 62.4 Å². The summed E-state index contributed by atoms with van der Waals surface area (Å²) in [6.07, 6.45) is 0. The smallest absolute Gasteiger partial charge is 0.257 e. The summed E-state index contributed by atoms with van der Waals surface area (Å²) in [4.78, 5) is 12.5. The lowest BCUT2D eigenvalue weighted by Gasteiger charge is -2.12. The molecular weight excluding hydrogens is 380 g/mol. The van der Waals surface area contributed by atoms with Crippen LogP contribution in [-0.2, 0) is 0 Å². The van der Waals surface area contributed by atoms with E-state index in [4.69, 9.17) is 17.0 Å². The Morgan fingerprint density at radius 1 is 0.931 bits per heavy atom. The van der Waals surface area contributed by atoms with Gasteiger partial charge in [-0.05, 0) is 53.5 Å². The van der Waals surface area contributed by atoms with Gasteiger partial charge < -0.3 is 10.1 Å². The molecule has 0 aromatic heterocycles. The third kappa shape index (κ3) is 6.16. The highest BCUT2D eigenvalue weighted by Gasteiger charge is 2.09. The van der Waals surface area contributed by atoms with E-state index in [9.17, 15) is 4.79 Å². The van der Waals surface area contributed by atoms with Crippen LogP contribution in [0.4, 0.5) is 5.69 Å². The number of hydrogen-bond donors (Lipinski definition) is 2. The number of hydrogen-bond acceptors (Lipinski definition) is 3. The molecule has 1 amide bonds. The van der Waals surface area contributed by atoms with Crippen LogP contribution in [0.15, 0.2) is 78.9 Å². The van der Waals surface area contributed by atoms with Crippen LogP contribution in [0.3, 0.4) is 0 Å². The first-order valence-corrected chi connectivity index (χ1v) is 9.93. The lowest BCUT2D eigenvalue weighted by molar-refractivity contribution is 0.0978. The van der Waals surface area contributed by atoms with Crippen molar-refractivity contribution in [2.45, 2.75) is 13.8 Å². The van der Waals surface area contributed by atoms with Crippen LogP contribution >= 0.6 is 12.2 Å². The first-order valence-electron chi connectivity index (χ1n) is 9.52. The van der Waals surface area contributed by atoms with E-state index in [0.29, 0.717) is 18.1 Å². The number of thiocarbonyl (C=S) groups is 1. The lowest BCUT2D eigenvalue weighted by Crippen LogP contribution is -2.34. The average molecular weight is 405 g/mol. The molecular formula is C24H24N2O2S. The van der Waals surface area contributed by atoms with E-state index >= 15 is 0 Å². The molecule has 0 aliphatic heterocycles. The van der Waals surface area contributed by atoms with Crippen molar-refractivity contribution >= 4 is 28.9 Å². The quantitative estimate of drug-likeness (QED) is 0.532. The maximum Gasteiger partial charge on any atom is 0.257 e. The summed E-state index contributed by atoms with van der Waals surface area (Å²) in [6, 6.07) is 25.0. The molecule has 2 N–H and O–H groups in total. The summed E-state index contributed by atoms with van der Waals surface area (Å²) < 4.78 is 5.72. The summed E-state index contributed by atoms with van der Waals surface area (Å²) in [5.74, 6) is 0.948. The Bertz CT molecular complexity index is 970. The number of carbonyl (C=O) groups is 1. The van der Waals surface area contributed by atoms with Gasteiger partial charge >= 0.3 is 0 Å². The molecule has 148 valence electrons. The highest BCUT2D eigenvalue weighted by atomic mass is 32.1. The third-order valence-electron chi connectivity index (χ3n) is 4.16. The maximum absolute atomic E-state index is 12.5. The number of ether oxygens (including phenoxy) is 1. The van der Waals surface area contributed by atoms with Crippen LogP contribution in [-0.4, -0.2) is 17.6 Å². The number of nitrogens with one attached hydrogen (secondary N) is 2. The van der Waals surface area contributed by atoms with Crippen LogP contribution in [0.1, 0.15) is 24.2 Å². The summed E-state index contributed by atoms with van der Waals surface area (Å²) in [5, 5.41) is 5.98. The van der Waals surface area contributed by atoms with Crippen LogP contribution in [0.25, 0.3) is 11.1 Å². The second-order valence-corrected chi connectivity index (χ2v) is 7.49. The van der Waals surface area contributed by atoms with Crippen molar-refractivity contribution in [2.24, 2.45) is 5.92 Å². The molecule has 0 atom stereocenters. The Labute approximate surface area is 176 Å². The lowest BCUT2D eigenvalue weighted by atomic mass is 10.0. The van der Waals surface area contributed by atoms with E-state index in [0.717, 1.165) is 22.6 Å². The van der Waals surface area contributed by atoms with E-state index < -0.39 is 0 Å². The predicted octanol–water partition coefficient (Wildman–Crippen LogP) is 5.52. The van der Waals surface area contributed by atoms with Crippen LogP contribution in [0, 0.1) is 5.92 Å². The first kappa shape index (κ1) is 20.6. The Morgan fingerprint density at radius 3 is 2.31 bits per heavy atom. The monoisotopic (exact) mass is 404 g/mol. The largest absolute Gasteiger partial charge is 0.493 e. The fraction of sp³-hybridized carbons (Fsp3) is 0.167. The molecule has 0 heterocycles. The summed E-state index contributed by atoms with van der Waals surface area (Å²) in [6.45, 7) is 4.84. The molecule has 3 rings (SSSR count). The van der Waals surface area contributed by atoms with Gasteiger partial charge in [0.25, 0.3) is 5.91 Å². The molecule has 0 saturated carbocycles. The molecule has 0 saturated heterocycles. The van der Waals surface area contributed by atoms with Gasteiger partial charge in [-0.2, -0.15) is 0 Å². The van der Waals surface area contributed by atoms with E-state index in [2.05, 4.69) is 24.5 Å². The average Bonchev–Trinajstić information content (AvgIpc) is 2.73. The fourth-order valence-electron chi connectivity index (χ4n) is 2.71. The van der Waals surface area contributed by atoms with Crippen molar-refractivity contribution in [2.75, 3.05) is 11.9 Å². The second kappa shape index (κ2) is 9.85. The Balaban J connectivity index is 1.58. The minimum absolute atomic E-state index is 0.239. The molecule has 0 unspecified atom stereocenters. The molecule has 3 aromatic carbocycles. The number of carbonyl (C=O) groups excluding carboxylic acids is 1. The van der Waals surface area contributed by atoms with Crippen LogP contribution < -0.4 is 15.4 Å². The van der Waals surface area contributed by atoms with E-state index in [1.165, 1.54) is 0 Å². The molecule has 29 heavy (non-hydrogen) atoms. The zero-order valence-corrected chi connectivity index (χ0v) is 17.3. The predicted molar refractivity (Wildman–Crippen MR) is 122 cm³/mol. The normalized spacial score (nSPS) is 10.4. The number of anilines is 1. The molecule has 3 aromatic rings. The molecule has 0 fully saturated rings. The van der Waals surface area contributed by atoms with E-state index in [1.807, 2.05) is 66.7 Å². The van der Waals surface area contributed by atoms with Crippen molar-refractivity contribution in [3.63, 3.8) is 0 Å². The number of rotatable bonds is 6. The van der Waals surface area contributed by atoms with E-state index in [-0.39, 0.29) is 11.0 Å². The van der Waals surface area contributed by atoms with Gasteiger partial charge in [0, 0.05) is 17.3 Å². The molecule has 0 spiro atoms. The minimum Gasteiger partial charge on any atom is -0.493 e. The SMILES string of the molecule is CC(C)COc1cccc(NC(=S)NC(=O)c2ccc(-c3ccccc3)cc2)c1. The van der Waals surface area contributed by atoms with E-state index in [1.54, 1.807) is 12.1 Å². The van der Waals surface area contributed by atoms with Gasteiger partial charge in [0.1, 0.15) is 5.75 Å². The molecule has 5 heteroatoms. The standard InChI is InChI=1S/C24H24N2O2S/c1-17(2)16-28-22-10-6-9-21(15-22)25-24(29)26-23(27)20-13-11-19(12-14-20)18-7-4-3-5-8-18/h3-15,17H,16H2,1-2H3,(H2,25,26,27,29). The fourth-order valence-corrected chi connectivity index (χ4v) is 2.92. The number of benzene rings is 3. The van der Waals surface area contributed by atoms with Crippen molar-refractivity contribution in [3.8, 4) is 16.9 Å². The minimum atomic E-state index is -0.255.